The van der Waals surface area contributed by atoms with Gasteiger partial charge in [-0.25, -0.2) is 0 Å². The van der Waals surface area contributed by atoms with Gasteiger partial charge in [-0.15, -0.1) is 0 Å². The molecule has 2 heterocycles. The number of anilines is 2. The van der Waals surface area contributed by atoms with Gasteiger partial charge in [0.05, 0.1) is 17.3 Å². The monoisotopic (exact) mass is 406 g/mol. The molecule has 0 saturated carbocycles. The van der Waals surface area contributed by atoms with Crippen LogP contribution in [0.2, 0.25) is 0 Å². The van der Waals surface area contributed by atoms with Crippen LogP contribution in [0.3, 0.4) is 0 Å². The number of carbonyl (C=O) groups is 1. The molecular weight excluding hydrogens is 384 g/mol. The number of hydrogen-bond acceptors (Lipinski definition) is 5. The van der Waals surface area contributed by atoms with E-state index in [4.69, 9.17) is 0 Å². The standard InChI is InChI=1S/C26H22N4O/c1-29(2)21-9-7-10-22(15-21)30-17-20(25-12-5-6-13-28-25)14-24(26(30)18-31)23-11-4-3-8-19(23)16-27/h3-15,17-18,26H,1-2H3. The van der Waals surface area contributed by atoms with Crippen molar-refractivity contribution < 1.29 is 4.79 Å². The topological polar surface area (TPSA) is 60.2 Å². The Hall–Kier alpha value is -4.17. The van der Waals surface area contributed by atoms with Crippen molar-refractivity contribution in [2.24, 2.45) is 0 Å². The van der Waals surface area contributed by atoms with Crippen LogP contribution in [0.15, 0.2) is 85.2 Å². The Morgan fingerprint density at radius 3 is 2.58 bits per heavy atom. The maximum atomic E-state index is 12.4. The predicted octanol–water partition coefficient (Wildman–Crippen LogP) is 4.53. The summed E-state index contributed by atoms with van der Waals surface area (Å²) in [5, 5.41) is 9.66. The highest BCUT2D eigenvalue weighted by Gasteiger charge is 2.28. The third-order valence-corrected chi connectivity index (χ3v) is 5.30. The van der Waals surface area contributed by atoms with E-state index in [1.807, 2.05) is 96.8 Å². The van der Waals surface area contributed by atoms with Gasteiger partial charge in [-0.05, 0) is 53.6 Å². The van der Waals surface area contributed by atoms with E-state index in [1.165, 1.54) is 0 Å². The van der Waals surface area contributed by atoms with Gasteiger partial charge in [0, 0.05) is 43.4 Å². The third-order valence-electron chi connectivity index (χ3n) is 5.30. The average Bonchev–Trinajstić information content (AvgIpc) is 2.83. The van der Waals surface area contributed by atoms with Crippen LogP contribution in [0, 0.1) is 11.3 Å². The second-order valence-electron chi connectivity index (χ2n) is 7.46. The zero-order chi connectivity index (χ0) is 21.8. The van der Waals surface area contributed by atoms with Crippen LogP contribution in [0.1, 0.15) is 16.8 Å². The van der Waals surface area contributed by atoms with Gasteiger partial charge in [0.1, 0.15) is 12.3 Å². The van der Waals surface area contributed by atoms with Crippen molar-refractivity contribution in [2.75, 3.05) is 23.9 Å². The molecule has 0 radical (unpaired) electrons. The van der Waals surface area contributed by atoms with Crippen molar-refractivity contribution in [1.29, 1.82) is 5.26 Å². The van der Waals surface area contributed by atoms with E-state index < -0.39 is 6.04 Å². The molecule has 0 saturated heterocycles. The van der Waals surface area contributed by atoms with E-state index >= 15 is 0 Å². The second-order valence-corrected chi connectivity index (χ2v) is 7.46. The van der Waals surface area contributed by atoms with Gasteiger partial charge < -0.3 is 14.6 Å². The number of carbonyl (C=O) groups excluding carboxylic acids is 1. The Balaban J connectivity index is 1.92. The second kappa shape index (κ2) is 8.68. The summed E-state index contributed by atoms with van der Waals surface area (Å²) < 4.78 is 0. The summed E-state index contributed by atoms with van der Waals surface area (Å²) in [7, 11) is 3.96. The fraction of sp³-hybridized carbons (Fsp3) is 0.115. The number of nitrogens with zero attached hydrogens (tertiary/aromatic N) is 4. The third kappa shape index (κ3) is 3.96. The number of aromatic nitrogens is 1. The fourth-order valence-corrected chi connectivity index (χ4v) is 3.72. The Labute approximate surface area is 182 Å². The summed E-state index contributed by atoms with van der Waals surface area (Å²) >= 11 is 0. The molecule has 0 fully saturated rings. The van der Waals surface area contributed by atoms with Gasteiger partial charge in [-0.1, -0.05) is 30.3 Å². The summed E-state index contributed by atoms with van der Waals surface area (Å²) in [4.78, 5) is 20.8. The molecule has 5 nitrogen and oxygen atoms in total. The largest absolute Gasteiger partial charge is 0.378 e. The van der Waals surface area contributed by atoms with Crippen molar-refractivity contribution >= 4 is 28.8 Å². The van der Waals surface area contributed by atoms with Gasteiger partial charge in [-0.2, -0.15) is 5.26 Å². The Morgan fingerprint density at radius 2 is 1.87 bits per heavy atom. The zero-order valence-corrected chi connectivity index (χ0v) is 17.4. The van der Waals surface area contributed by atoms with Crippen LogP contribution >= 0.6 is 0 Å². The van der Waals surface area contributed by atoms with Crippen molar-refractivity contribution in [3.63, 3.8) is 0 Å². The normalized spacial score (nSPS) is 15.5. The minimum Gasteiger partial charge on any atom is -0.378 e. The van der Waals surface area contributed by atoms with Crippen molar-refractivity contribution in [2.45, 2.75) is 6.04 Å². The summed E-state index contributed by atoms with van der Waals surface area (Å²) in [6.45, 7) is 0. The number of pyridine rings is 1. The lowest BCUT2D eigenvalue weighted by Gasteiger charge is -2.34. The quantitative estimate of drug-likeness (QED) is 0.583. The van der Waals surface area contributed by atoms with Crippen LogP contribution in [0.5, 0.6) is 0 Å². The zero-order valence-electron chi connectivity index (χ0n) is 17.4. The number of allylic oxidation sites excluding steroid dienone is 2. The predicted molar refractivity (Wildman–Crippen MR) is 124 cm³/mol. The van der Waals surface area contributed by atoms with Crippen molar-refractivity contribution in [1.82, 2.24) is 4.98 Å². The smallest absolute Gasteiger partial charge is 0.147 e. The molecule has 1 atom stereocenters. The molecule has 2 aromatic carbocycles. The van der Waals surface area contributed by atoms with Gasteiger partial charge >= 0.3 is 0 Å². The lowest BCUT2D eigenvalue weighted by molar-refractivity contribution is -0.107. The first-order valence-corrected chi connectivity index (χ1v) is 9.97. The van der Waals surface area contributed by atoms with Gasteiger partial charge in [0.2, 0.25) is 0 Å². The summed E-state index contributed by atoms with van der Waals surface area (Å²) in [6.07, 6.45) is 6.59. The van der Waals surface area contributed by atoms with Crippen LogP contribution in [-0.2, 0) is 4.79 Å². The van der Waals surface area contributed by atoms with Crippen LogP contribution in [0.4, 0.5) is 11.4 Å². The molecular formula is C26H22N4O. The fourth-order valence-electron chi connectivity index (χ4n) is 3.72. The highest BCUT2D eigenvalue weighted by molar-refractivity contribution is 5.99. The lowest BCUT2D eigenvalue weighted by Crippen LogP contribution is -2.36. The van der Waals surface area contributed by atoms with E-state index in [2.05, 4.69) is 11.1 Å². The Bertz CT molecular complexity index is 1210. The average molecular weight is 406 g/mol. The van der Waals surface area contributed by atoms with Gasteiger partial charge in [0.15, 0.2) is 0 Å². The van der Waals surface area contributed by atoms with Crippen molar-refractivity contribution in [3.05, 3.63) is 102 Å². The molecule has 1 aromatic heterocycles. The molecule has 31 heavy (non-hydrogen) atoms. The van der Waals surface area contributed by atoms with Crippen LogP contribution in [0.25, 0.3) is 11.1 Å². The molecule has 5 heteroatoms. The highest BCUT2D eigenvalue weighted by Crippen LogP contribution is 2.36. The number of hydrogen-bond donors (Lipinski definition) is 0. The molecule has 1 aliphatic heterocycles. The molecule has 0 spiro atoms. The molecule has 0 N–H and O–H groups in total. The number of rotatable bonds is 5. The summed E-state index contributed by atoms with van der Waals surface area (Å²) in [5.74, 6) is 0. The lowest BCUT2D eigenvalue weighted by atomic mass is 9.89. The molecule has 1 aliphatic rings. The molecule has 0 bridgehead atoms. The molecule has 3 aromatic rings. The van der Waals surface area contributed by atoms with Crippen LogP contribution < -0.4 is 9.80 Å². The Kier molecular flexibility index (Phi) is 5.63. The van der Waals surface area contributed by atoms with E-state index in [-0.39, 0.29) is 0 Å². The minimum atomic E-state index is -0.570. The SMILES string of the molecule is CN(C)c1cccc(N2C=C(c3ccccn3)C=C(c3ccccc3C#N)C2C=O)c1. The molecule has 152 valence electrons. The molecule has 0 amide bonds. The first kappa shape index (κ1) is 20.1. The van der Waals surface area contributed by atoms with E-state index in [0.29, 0.717) is 5.56 Å². The van der Waals surface area contributed by atoms with Gasteiger partial charge in [-0.3, -0.25) is 4.98 Å². The van der Waals surface area contributed by atoms with Crippen LogP contribution in [-0.4, -0.2) is 31.4 Å². The summed E-state index contributed by atoms with van der Waals surface area (Å²) in [6, 6.07) is 22.8. The number of nitriles is 1. The maximum Gasteiger partial charge on any atom is 0.147 e. The molecule has 1 unspecified atom stereocenters. The molecule has 0 aliphatic carbocycles. The van der Waals surface area contributed by atoms with Crippen molar-refractivity contribution in [3.8, 4) is 6.07 Å². The van der Waals surface area contributed by atoms with E-state index in [1.54, 1.807) is 12.3 Å². The summed E-state index contributed by atoms with van der Waals surface area (Å²) in [5.41, 5.74) is 5.64. The minimum absolute atomic E-state index is 0.532. The number of benzene rings is 2. The maximum absolute atomic E-state index is 12.4. The highest BCUT2D eigenvalue weighted by atomic mass is 16.1. The van der Waals surface area contributed by atoms with E-state index in [9.17, 15) is 10.1 Å². The molecule has 4 rings (SSSR count). The first-order chi connectivity index (χ1) is 15.1. The Morgan fingerprint density at radius 1 is 1.06 bits per heavy atom. The van der Waals surface area contributed by atoms with E-state index in [0.717, 1.165) is 40.1 Å². The first-order valence-electron chi connectivity index (χ1n) is 9.97. The van der Waals surface area contributed by atoms with Gasteiger partial charge in [0.25, 0.3) is 0 Å². The number of aldehydes is 1.